The van der Waals surface area contributed by atoms with Gasteiger partial charge in [0.25, 0.3) is 0 Å². The summed E-state index contributed by atoms with van der Waals surface area (Å²) < 4.78 is 18.7. The van der Waals surface area contributed by atoms with Gasteiger partial charge in [-0.3, -0.25) is 10.4 Å². The predicted molar refractivity (Wildman–Crippen MR) is 95.3 cm³/mol. The number of hydrogen-bond acceptors (Lipinski definition) is 4. The highest BCUT2D eigenvalue weighted by Gasteiger charge is 2.05. The molecule has 3 aromatic rings. The Kier molecular flexibility index (Phi) is 4.70. The van der Waals surface area contributed by atoms with E-state index in [1.807, 2.05) is 38.1 Å². The summed E-state index contributed by atoms with van der Waals surface area (Å²) in [7, 11) is 0. The Balaban J connectivity index is 1.91. The second-order valence-electron chi connectivity index (χ2n) is 5.35. The summed E-state index contributed by atoms with van der Waals surface area (Å²) in [5.74, 6) is 0.498. The molecule has 0 aliphatic carbocycles. The third kappa shape index (κ3) is 3.68. The molecule has 0 amide bonds. The molecule has 24 heavy (non-hydrogen) atoms. The molecule has 122 valence electrons. The van der Waals surface area contributed by atoms with Gasteiger partial charge < -0.3 is 4.74 Å². The number of halogens is 1. The molecule has 3 rings (SSSR count). The minimum atomic E-state index is -0.287. The monoisotopic (exact) mass is 323 g/mol. The number of rotatable bonds is 5. The Morgan fingerprint density at radius 1 is 1.21 bits per heavy atom. The summed E-state index contributed by atoms with van der Waals surface area (Å²) in [5.41, 5.74) is 6.28. The minimum absolute atomic E-state index is 0.287. The van der Waals surface area contributed by atoms with Crippen LogP contribution in [0.4, 0.5) is 10.1 Å². The van der Waals surface area contributed by atoms with E-state index in [4.69, 9.17) is 4.74 Å². The maximum absolute atomic E-state index is 13.2. The molecule has 0 aliphatic heterocycles. The highest BCUT2D eigenvalue weighted by Crippen LogP contribution is 2.27. The van der Waals surface area contributed by atoms with E-state index in [2.05, 4.69) is 15.5 Å². The summed E-state index contributed by atoms with van der Waals surface area (Å²) >= 11 is 0. The smallest absolute Gasteiger partial charge is 0.123 e. The zero-order chi connectivity index (χ0) is 16.9. The van der Waals surface area contributed by atoms with Crippen LogP contribution in [0.3, 0.4) is 0 Å². The maximum atomic E-state index is 13.2. The minimum Gasteiger partial charge on any atom is -0.494 e. The molecule has 0 saturated heterocycles. The third-order valence-electron chi connectivity index (χ3n) is 3.47. The number of fused-ring (bicyclic) bond motifs is 1. The zero-order valence-electron chi connectivity index (χ0n) is 13.6. The lowest BCUT2D eigenvalue weighted by molar-refractivity contribution is 0.340. The van der Waals surface area contributed by atoms with Gasteiger partial charge in [0.2, 0.25) is 0 Å². The summed E-state index contributed by atoms with van der Waals surface area (Å²) in [4.78, 5) is 4.52. The molecule has 0 fully saturated rings. The van der Waals surface area contributed by atoms with Gasteiger partial charge in [0.05, 0.1) is 24.0 Å². The third-order valence-corrected chi connectivity index (χ3v) is 3.47. The second-order valence-corrected chi connectivity index (χ2v) is 5.35. The van der Waals surface area contributed by atoms with Crippen LogP contribution in [0, 0.1) is 12.7 Å². The van der Waals surface area contributed by atoms with Crippen LogP contribution in [0.5, 0.6) is 5.75 Å². The number of nitrogens with one attached hydrogen (secondary N) is 1. The van der Waals surface area contributed by atoms with Crippen LogP contribution >= 0.6 is 0 Å². The Bertz CT molecular complexity index is 893. The van der Waals surface area contributed by atoms with E-state index in [-0.39, 0.29) is 5.82 Å². The number of hydrogen-bond donors (Lipinski definition) is 1. The van der Waals surface area contributed by atoms with Crippen LogP contribution < -0.4 is 10.2 Å². The van der Waals surface area contributed by atoms with E-state index in [1.165, 1.54) is 12.1 Å². The summed E-state index contributed by atoms with van der Waals surface area (Å²) in [6.45, 7) is 4.47. The van der Waals surface area contributed by atoms with E-state index in [1.54, 1.807) is 18.3 Å². The fourth-order valence-corrected chi connectivity index (χ4v) is 2.45. The first-order chi connectivity index (χ1) is 11.7. The Labute approximate surface area is 140 Å². The van der Waals surface area contributed by atoms with Crippen molar-refractivity contribution in [2.45, 2.75) is 13.8 Å². The average Bonchev–Trinajstić information content (AvgIpc) is 2.55. The molecule has 1 heterocycles. The molecule has 1 aromatic heterocycles. The van der Waals surface area contributed by atoms with Gasteiger partial charge in [-0.1, -0.05) is 12.1 Å². The first-order valence-electron chi connectivity index (χ1n) is 7.74. The van der Waals surface area contributed by atoms with E-state index < -0.39 is 0 Å². The van der Waals surface area contributed by atoms with Gasteiger partial charge in [-0.2, -0.15) is 5.10 Å². The van der Waals surface area contributed by atoms with Gasteiger partial charge >= 0.3 is 0 Å². The van der Waals surface area contributed by atoms with E-state index in [0.717, 1.165) is 28.0 Å². The SMILES string of the molecule is CCOc1ccc2nc(C)cc(N/N=C/c3cccc(F)c3)c2c1. The number of hydrazone groups is 1. The lowest BCUT2D eigenvalue weighted by Crippen LogP contribution is -1.96. The van der Waals surface area contributed by atoms with Crippen molar-refractivity contribution < 1.29 is 9.13 Å². The van der Waals surface area contributed by atoms with Gasteiger partial charge in [0.1, 0.15) is 11.6 Å². The number of benzene rings is 2. The molecule has 2 aromatic carbocycles. The number of aryl methyl sites for hydroxylation is 1. The quantitative estimate of drug-likeness (QED) is 0.554. The van der Waals surface area contributed by atoms with Crippen LogP contribution in [0.15, 0.2) is 53.6 Å². The topological polar surface area (TPSA) is 46.5 Å². The van der Waals surface area contributed by atoms with Crippen LogP contribution in [0.25, 0.3) is 10.9 Å². The lowest BCUT2D eigenvalue weighted by Gasteiger charge is -2.09. The van der Waals surface area contributed by atoms with Crippen molar-refractivity contribution in [3.63, 3.8) is 0 Å². The van der Waals surface area contributed by atoms with E-state index in [0.29, 0.717) is 12.2 Å². The largest absolute Gasteiger partial charge is 0.494 e. The fourth-order valence-electron chi connectivity index (χ4n) is 2.45. The van der Waals surface area contributed by atoms with Crippen molar-refractivity contribution in [3.8, 4) is 5.75 Å². The molecule has 0 aliphatic rings. The molecular weight excluding hydrogens is 305 g/mol. The van der Waals surface area contributed by atoms with Gasteiger partial charge in [-0.15, -0.1) is 0 Å². The molecule has 0 atom stereocenters. The number of pyridine rings is 1. The van der Waals surface area contributed by atoms with Crippen molar-refractivity contribution in [1.82, 2.24) is 4.98 Å². The number of anilines is 1. The molecule has 0 unspecified atom stereocenters. The fraction of sp³-hybridized carbons (Fsp3) is 0.158. The second kappa shape index (κ2) is 7.08. The van der Waals surface area contributed by atoms with Gasteiger partial charge in [0, 0.05) is 11.1 Å². The number of nitrogens with zero attached hydrogens (tertiary/aromatic N) is 2. The van der Waals surface area contributed by atoms with E-state index >= 15 is 0 Å². The average molecular weight is 323 g/mol. The summed E-state index contributed by atoms with van der Waals surface area (Å²) in [6.07, 6.45) is 1.58. The van der Waals surface area contributed by atoms with Gasteiger partial charge in [-0.05, 0) is 55.8 Å². The van der Waals surface area contributed by atoms with Gasteiger partial charge in [0.15, 0.2) is 0 Å². The summed E-state index contributed by atoms with van der Waals surface area (Å²) in [6, 6.07) is 13.9. The number of aromatic nitrogens is 1. The molecule has 5 heteroatoms. The molecular formula is C19H18FN3O. The number of ether oxygens (including phenoxy) is 1. The summed E-state index contributed by atoms with van der Waals surface area (Å²) in [5, 5.41) is 5.13. The first kappa shape index (κ1) is 15.9. The van der Waals surface area contributed by atoms with Crippen molar-refractivity contribution >= 4 is 22.8 Å². The van der Waals surface area contributed by atoms with Gasteiger partial charge in [-0.25, -0.2) is 4.39 Å². The van der Waals surface area contributed by atoms with E-state index in [9.17, 15) is 4.39 Å². The van der Waals surface area contributed by atoms with Crippen LogP contribution in [0.2, 0.25) is 0 Å². The van der Waals surface area contributed by atoms with Crippen LogP contribution in [0.1, 0.15) is 18.2 Å². The molecule has 0 bridgehead atoms. The standard InChI is InChI=1S/C19H18FN3O/c1-3-24-16-7-8-18-17(11-16)19(9-13(2)22-18)23-21-12-14-5-4-6-15(20)10-14/h4-12H,3H2,1-2H3,(H,22,23)/b21-12+. The Morgan fingerprint density at radius 3 is 2.88 bits per heavy atom. The molecule has 0 saturated carbocycles. The van der Waals surface area contributed by atoms with Crippen molar-refractivity contribution in [2.24, 2.45) is 5.10 Å². The highest BCUT2D eigenvalue weighted by atomic mass is 19.1. The highest BCUT2D eigenvalue weighted by molar-refractivity contribution is 5.93. The van der Waals surface area contributed by atoms with Crippen LogP contribution in [-0.4, -0.2) is 17.8 Å². The van der Waals surface area contributed by atoms with Crippen LogP contribution in [-0.2, 0) is 0 Å². The Morgan fingerprint density at radius 2 is 2.08 bits per heavy atom. The predicted octanol–water partition coefficient (Wildman–Crippen LogP) is 4.53. The van der Waals surface area contributed by atoms with Crippen molar-refractivity contribution in [3.05, 3.63) is 65.6 Å². The molecule has 1 N–H and O–H groups in total. The molecule has 0 spiro atoms. The maximum Gasteiger partial charge on any atom is 0.123 e. The van der Waals surface area contributed by atoms with Crippen molar-refractivity contribution in [1.29, 1.82) is 0 Å². The first-order valence-corrected chi connectivity index (χ1v) is 7.74. The Hall–Kier alpha value is -2.95. The zero-order valence-corrected chi connectivity index (χ0v) is 13.6. The normalized spacial score (nSPS) is 11.1. The molecule has 0 radical (unpaired) electrons. The van der Waals surface area contributed by atoms with Crippen molar-refractivity contribution in [2.75, 3.05) is 12.0 Å². The lowest BCUT2D eigenvalue weighted by atomic mass is 10.1. The molecule has 4 nitrogen and oxygen atoms in total.